The molecule has 1 aliphatic rings. The van der Waals surface area contributed by atoms with Crippen LogP contribution in [0.2, 0.25) is 0 Å². The molecule has 2 aromatic rings. The largest absolute Gasteiger partial charge is 0.494 e. The van der Waals surface area contributed by atoms with E-state index in [1.54, 1.807) is 18.3 Å². The molecule has 0 radical (unpaired) electrons. The van der Waals surface area contributed by atoms with Crippen LogP contribution in [0.15, 0.2) is 59.6 Å². The first kappa shape index (κ1) is 19.0. The number of amidine groups is 1. The van der Waals surface area contributed by atoms with Crippen LogP contribution in [0.25, 0.3) is 0 Å². The monoisotopic (exact) mass is 363 g/mol. The van der Waals surface area contributed by atoms with Crippen LogP contribution in [0.1, 0.15) is 27.7 Å². The first-order chi connectivity index (χ1) is 12.8. The molecule has 0 aromatic heterocycles. The molecule has 0 bridgehead atoms. The van der Waals surface area contributed by atoms with Crippen molar-refractivity contribution in [3.63, 3.8) is 0 Å². The summed E-state index contributed by atoms with van der Waals surface area (Å²) in [4.78, 5) is 3.69. The van der Waals surface area contributed by atoms with Crippen molar-refractivity contribution in [2.75, 3.05) is 5.32 Å². The van der Waals surface area contributed by atoms with E-state index in [1.165, 1.54) is 0 Å². The highest BCUT2D eigenvalue weighted by Crippen LogP contribution is 2.36. The van der Waals surface area contributed by atoms with Crippen molar-refractivity contribution in [2.45, 2.75) is 38.9 Å². The van der Waals surface area contributed by atoms with Crippen molar-refractivity contribution >= 4 is 24.3 Å². The van der Waals surface area contributed by atoms with Crippen molar-refractivity contribution in [3.05, 3.63) is 54.6 Å². The number of benzene rings is 2. The zero-order valence-electron chi connectivity index (χ0n) is 15.9. The Kier molecular flexibility index (Phi) is 5.22. The molecule has 1 saturated heterocycles. The maximum atomic E-state index is 8.89. The van der Waals surface area contributed by atoms with Crippen LogP contribution >= 0.6 is 0 Å². The number of rotatable bonds is 3. The average molecular weight is 363 g/mol. The van der Waals surface area contributed by atoms with Gasteiger partial charge in [0, 0.05) is 5.69 Å². The maximum Gasteiger partial charge on any atom is 0.494 e. The molecule has 138 valence electrons. The van der Waals surface area contributed by atoms with E-state index >= 15 is 0 Å². The highest BCUT2D eigenvalue weighted by atomic mass is 16.7. The number of para-hydroxylation sites is 1. The molecule has 0 spiro atoms. The summed E-state index contributed by atoms with van der Waals surface area (Å²) in [6.07, 6.45) is 1.74. The van der Waals surface area contributed by atoms with Crippen molar-refractivity contribution in [1.29, 1.82) is 5.26 Å². The summed E-state index contributed by atoms with van der Waals surface area (Å²) in [6, 6.07) is 16.8. The number of hydrogen-bond acceptors (Lipinski definition) is 5. The fraction of sp³-hybridized carbons (Fsp3) is 0.300. The van der Waals surface area contributed by atoms with E-state index in [0.29, 0.717) is 5.75 Å². The predicted octanol–water partition coefficient (Wildman–Crippen LogP) is 3.31. The molecule has 1 N–H and O–H groups in total. The van der Waals surface area contributed by atoms with E-state index in [4.69, 9.17) is 19.3 Å². The van der Waals surface area contributed by atoms with Gasteiger partial charge in [0.2, 0.25) is 6.19 Å². The van der Waals surface area contributed by atoms with E-state index in [0.717, 1.165) is 11.2 Å². The lowest BCUT2D eigenvalue weighted by molar-refractivity contribution is 0.00578. The second-order valence-corrected chi connectivity index (χ2v) is 7.27. The van der Waals surface area contributed by atoms with Gasteiger partial charge in [-0.2, -0.15) is 5.26 Å². The van der Waals surface area contributed by atoms with Crippen molar-refractivity contribution in [3.8, 4) is 11.9 Å². The molecule has 1 heterocycles. The summed E-state index contributed by atoms with van der Waals surface area (Å²) in [5, 5.41) is 11.9. The van der Waals surface area contributed by atoms with Crippen LogP contribution in [0.3, 0.4) is 0 Å². The Balaban J connectivity index is 1.70. The molecule has 1 fully saturated rings. The smallest absolute Gasteiger partial charge is 0.425 e. The molecule has 27 heavy (non-hydrogen) atoms. The van der Waals surface area contributed by atoms with Gasteiger partial charge in [0.1, 0.15) is 5.75 Å². The highest BCUT2D eigenvalue weighted by molar-refractivity contribution is 6.62. The molecule has 7 heteroatoms. The summed E-state index contributed by atoms with van der Waals surface area (Å²) in [5.41, 5.74) is 0.886. The van der Waals surface area contributed by atoms with Gasteiger partial charge in [-0.25, -0.2) is 0 Å². The fourth-order valence-corrected chi connectivity index (χ4v) is 2.55. The van der Waals surface area contributed by atoms with Crippen molar-refractivity contribution < 1.29 is 14.0 Å². The van der Waals surface area contributed by atoms with Gasteiger partial charge in [-0.1, -0.05) is 30.3 Å². The minimum absolute atomic E-state index is 0.104. The third kappa shape index (κ3) is 4.30. The second-order valence-electron chi connectivity index (χ2n) is 7.27. The van der Waals surface area contributed by atoms with Crippen LogP contribution in [-0.2, 0) is 9.31 Å². The summed E-state index contributed by atoms with van der Waals surface area (Å²) in [6.45, 7) is 8.09. The van der Waals surface area contributed by atoms with Gasteiger partial charge < -0.3 is 19.4 Å². The first-order valence-corrected chi connectivity index (χ1v) is 8.73. The number of anilines is 1. The number of hydrogen-bond donors (Lipinski definition) is 1. The Bertz CT molecular complexity index is 842. The second kappa shape index (κ2) is 7.43. The molecule has 0 unspecified atom stereocenters. The van der Waals surface area contributed by atoms with E-state index in [2.05, 4.69) is 10.3 Å². The van der Waals surface area contributed by atoms with Gasteiger partial charge in [-0.05, 0) is 57.4 Å². The van der Waals surface area contributed by atoms with Gasteiger partial charge in [-0.15, -0.1) is 4.99 Å². The maximum absolute atomic E-state index is 8.89. The molecule has 0 atom stereocenters. The molecule has 3 rings (SSSR count). The number of nitriles is 1. The van der Waals surface area contributed by atoms with Gasteiger partial charge in [0.15, 0.2) is 0 Å². The quantitative estimate of drug-likeness (QED) is 0.392. The van der Waals surface area contributed by atoms with Gasteiger partial charge in [0.25, 0.3) is 0 Å². The van der Waals surface area contributed by atoms with Crippen LogP contribution in [0, 0.1) is 11.5 Å². The Morgan fingerprint density at radius 3 is 2.15 bits per heavy atom. The zero-order chi connectivity index (χ0) is 19.5. The topological polar surface area (TPSA) is 75.9 Å². The normalized spacial score (nSPS) is 18.0. The highest BCUT2D eigenvalue weighted by Gasteiger charge is 2.51. The number of nitrogens with zero attached hydrogens (tertiary/aromatic N) is 2. The number of nitrogens with one attached hydrogen (secondary N) is 1. The van der Waals surface area contributed by atoms with Crippen LogP contribution in [0.5, 0.6) is 5.75 Å². The third-order valence-corrected chi connectivity index (χ3v) is 4.80. The summed E-state index contributed by atoms with van der Waals surface area (Å²) < 4.78 is 17.7. The predicted molar refractivity (Wildman–Crippen MR) is 106 cm³/mol. The Morgan fingerprint density at radius 2 is 1.59 bits per heavy atom. The standard InChI is InChI=1S/C20H22BN3O3/c1-19(2)20(3,4)27-21(26-19)15-10-12-16(13-11-15)24-18(23-14-22)25-17-8-6-5-7-9-17/h5-13H,1-4H3,(H,23,24). The van der Waals surface area contributed by atoms with Gasteiger partial charge >= 0.3 is 13.1 Å². The number of ether oxygens (including phenoxy) is 1. The summed E-state index contributed by atoms with van der Waals surface area (Å²) >= 11 is 0. The van der Waals surface area contributed by atoms with Crippen LogP contribution < -0.4 is 15.5 Å². The lowest BCUT2D eigenvalue weighted by Crippen LogP contribution is -2.41. The lowest BCUT2D eigenvalue weighted by atomic mass is 9.79. The fourth-order valence-electron chi connectivity index (χ4n) is 2.55. The van der Waals surface area contributed by atoms with E-state index in [9.17, 15) is 0 Å². The number of aliphatic imine (C=N–C) groups is 1. The van der Waals surface area contributed by atoms with Crippen LogP contribution in [0.4, 0.5) is 5.69 Å². The zero-order valence-corrected chi connectivity index (χ0v) is 15.9. The minimum atomic E-state index is -0.420. The molecular formula is C20H22BN3O3. The van der Waals surface area contributed by atoms with Gasteiger partial charge in [0.05, 0.1) is 11.2 Å². The van der Waals surface area contributed by atoms with Crippen LogP contribution in [-0.4, -0.2) is 24.3 Å². The van der Waals surface area contributed by atoms with E-state index in [1.807, 2.05) is 70.2 Å². The molecule has 0 amide bonds. The molecular weight excluding hydrogens is 341 g/mol. The van der Waals surface area contributed by atoms with Gasteiger partial charge in [-0.3, -0.25) is 0 Å². The SMILES string of the molecule is CC1(C)OB(c2ccc(N/C(=N/C#N)Oc3ccccc3)cc2)OC1(C)C. The molecule has 6 nitrogen and oxygen atoms in total. The van der Waals surface area contributed by atoms with E-state index in [-0.39, 0.29) is 17.2 Å². The molecule has 0 aliphatic carbocycles. The lowest BCUT2D eigenvalue weighted by Gasteiger charge is -2.32. The van der Waals surface area contributed by atoms with E-state index < -0.39 is 7.12 Å². The minimum Gasteiger partial charge on any atom is -0.425 e. The molecule has 1 aliphatic heterocycles. The third-order valence-electron chi connectivity index (χ3n) is 4.80. The Labute approximate surface area is 159 Å². The average Bonchev–Trinajstić information content (AvgIpc) is 2.84. The van der Waals surface area contributed by atoms with Crippen molar-refractivity contribution in [1.82, 2.24) is 0 Å². The summed E-state index contributed by atoms with van der Waals surface area (Å²) in [7, 11) is -0.420. The first-order valence-electron chi connectivity index (χ1n) is 8.73. The Hall–Kier alpha value is -2.82. The van der Waals surface area contributed by atoms with Crippen molar-refractivity contribution in [2.24, 2.45) is 4.99 Å². The Morgan fingerprint density at radius 1 is 1.00 bits per heavy atom. The molecule has 0 saturated carbocycles. The molecule has 2 aromatic carbocycles. The summed E-state index contributed by atoms with van der Waals surface area (Å²) in [5.74, 6) is 0.591.